The second-order valence-corrected chi connectivity index (χ2v) is 3.68. The van der Waals surface area contributed by atoms with Crippen LogP contribution in [-0.2, 0) is 4.74 Å². The van der Waals surface area contributed by atoms with Crippen LogP contribution in [0, 0.1) is 11.8 Å². The average molecular weight is 185 g/mol. The molecule has 1 fully saturated rings. The minimum atomic E-state index is 0.194. The molecule has 0 saturated carbocycles. The molecule has 76 valence electrons. The van der Waals surface area contributed by atoms with Crippen LogP contribution in [0.4, 0.5) is 0 Å². The van der Waals surface area contributed by atoms with E-state index in [1.807, 2.05) is 0 Å². The van der Waals surface area contributed by atoms with Gasteiger partial charge >= 0.3 is 0 Å². The quantitative estimate of drug-likeness (QED) is 0.271. The molecule has 1 heterocycles. The molecule has 4 unspecified atom stereocenters. The van der Waals surface area contributed by atoms with Crippen molar-refractivity contribution in [3.05, 3.63) is 0 Å². The second-order valence-electron chi connectivity index (χ2n) is 3.68. The third-order valence-corrected chi connectivity index (χ3v) is 2.95. The molecule has 1 rings (SSSR count). The highest BCUT2D eigenvalue weighted by Gasteiger charge is 2.39. The summed E-state index contributed by atoms with van der Waals surface area (Å²) < 4.78 is 5.69. The van der Waals surface area contributed by atoms with E-state index in [-0.39, 0.29) is 12.2 Å². The molecule has 0 aromatic rings. The lowest BCUT2D eigenvalue weighted by Crippen LogP contribution is -2.41. The van der Waals surface area contributed by atoms with Crippen LogP contribution in [0.1, 0.15) is 20.8 Å². The molecule has 1 aliphatic rings. The van der Waals surface area contributed by atoms with Crippen LogP contribution in [-0.4, -0.2) is 25.1 Å². The standard InChI is InChI=1S/C9H19N3O/c1-5-6(2)13-7(3)8(5)9(11-4)12-10/h5-8H,10H2,1-4H3,(H,11,12). The van der Waals surface area contributed by atoms with E-state index in [2.05, 4.69) is 31.2 Å². The molecule has 0 bridgehead atoms. The van der Waals surface area contributed by atoms with Crippen molar-refractivity contribution in [2.24, 2.45) is 22.7 Å². The third-order valence-electron chi connectivity index (χ3n) is 2.95. The summed E-state index contributed by atoms with van der Waals surface area (Å²) in [6.45, 7) is 6.32. The van der Waals surface area contributed by atoms with E-state index in [4.69, 9.17) is 10.6 Å². The number of aliphatic imine (C=N–C) groups is 1. The molecule has 1 saturated heterocycles. The van der Waals surface area contributed by atoms with Crippen LogP contribution in [0.25, 0.3) is 0 Å². The molecule has 0 aromatic carbocycles. The zero-order valence-corrected chi connectivity index (χ0v) is 8.74. The summed E-state index contributed by atoms with van der Waals surface area (Å²) in [6.07, 6.45) is 0.477. The van der Waals surface area contributed by atoms with Crippen molar-refractivity contribution in [2.75, 3.05) is 7.05 Å². The molecule has 3 N–H and O–H groups in total. The van der Waals surface area contributed by atoms with Crippen molar-refractivity contribution in [3.8, 4) is 0 Å². The highest BCUT2D eigenvalue weighted by Crippen LogP contribution is 2.32. The molecule has 0 radical (unpaired) electrons. The van der Waals surface area contributed by atoms with Gasteiger partial charge in [-0.3, -0.25) is 4.99 Å². The number of hydrogen-bond donors (Lipinski definition) is 2. The molecule has 4 heteroatoms. The zero-order chi connectivity index (χ0) is 10.0. The van der Waals surface area contributed by atoms with Gasteiger partial charge in [0.15, 0.2) is 0 Å². The Balaban J connectivity index is 2.78. The summed E-state index contributed by atoms with van der Waals surface area (Å²) in [7, 11) is 1.75. The first-order valence-electron chi connectivity index (χ1n) is 4.70. The van der Waals surface area contributed by atoms with Crippen LogP contribution in [0.5, 0.6) is 0 Å². The first-order chi connectivity index (χ1) is 6.11. The van der Waals surface area contributed by atoms with E-state index >= 15 is 0 Å². The molecule has 13 heavy (non-hydrogen) atoms. The van der Waals surface area contributed by atoms with Crippen LogP contribution in [0.2, 0.25) is 0 Å². The highest BCUT2D eigenvalue weighted by molar-refractivity contribution is 5.85. The molecular weight excluding hydrogens is 166 g/mol. The van der Waals surface area contributed by atoms with E-state index in [0.717, 1.165) is 5.84 Å². The lowest BCUT2D eigenvalue weighted by Gasteiger charge is -2.19. The Kier molecular flexibility index (Phi) is 3.27. The molecule has 0 aromatic heterocycles. The first-order valence-corrected chi connectivity index (χ1v) is 4.70. The third kappa shape index (κ3) is 1.84. The number of nitrogens with one attached hydrogen (secondary N) is 1. The Hall–Kier alpha value is -0.610. The molecule has 1 aliphatic heterocycles. The van der Waals surface area contributed by atoms with Gasteiger partial charge in [-0.2, -0.15) is 0 Å². The number of ether oxygens (including phenoxy) is 1. The van der Waals surface area contributed by atoms with Crippen molar-refractivity contribution in [1.82, 2.24) is 5.43 Å². The minimum Gasteiger partial charge on any atom is -0.374 e. The van der Waals surface area contributed by atoms with Gasteiger partial charge in [0.25, 0.3) is 0 Å². The molecular formula is C9H19N3O. The SMILES string of the molecule is CN=C(NN)C1C(C)OC(C)C1C. The molecule has 0 spiro atoms. The largest absolute Gasteiger partial charge is 0.374 e. The molecule has 0 aliphatic carbocycles. The Morgan fingerprint density at radius 3 is 2.23 bits per heavy atom. The van der Waals surface area contributed by atoms with Gasteiger partial charge in [0.2, 0.25) is 0 Å². The van der Waals surface area contributed by atoms with Crippen molar-refractivity contribution in [3.63, 3.8) is 0 Å². The van der Waals surface area contributed by atoms with Gasteiger partial charge in [-0.1, -0.05) is 6.92 Å². The van der Waals surface area contributed by atoms with Crippen molar-refractivity contribution in [1.29, 1.82) is 0 Å². The number of nitrogens with two attached hydrogens (primary N) is 1. The number of hydrogen-bond acceptors (Lipinski definition) is 3. The summed E-state index contributed by atoms with van der Waals surface area (Å²) in [5.74, 6) is 6.99. The lowest BCUT2D eigenvalue weighted by molar-refractivity contribution is 0.0549. The van der Waals surface area contributed by atoms with E-state index < -0.39 is 0 Å². The molecule has 4 atom stereocenters. The maximum absolute atomic E-state index is 5.69. The number of nitrogens with zero attached hydrogens (tertiary/aromatic N) is 1. The smallest absolute Gasteiger partial charge is 0.116 e. The van der Waals surface area contributed by atoms with Gasteiger partial charge in [-0.15, -0.1) is 0 Å². The Labute approximate surface area is 79.5 Å². The van der Waals surface area contributed by atoms with Gasteiger partial charge < -0.3 is 10.2 Å². The Morgan fingerprint density at radius 1 is 1.31 bits per heavy atom. The summed E-state index contributed by atoms with van der Waals surface area (Å²) in [4.78, 5) is 4.12. The zero-order valence-electron chi connectivity index (χ0n) is 8.74. The summed E-state index contributed by atoms with van der Waals surface area (Å²) >= 11 is 0. The maximum atomic E-state index is 5.69. The fraction of sp³-hybridized carbons (Fsp3) is 0.889. The van der Waals surface area contributed by atoms with Crippen LogP contribution in [0.15, 0.2) is 4.99 Å². The van der Waals surface area contributed by atoms with Crippen molar-refractivity contribution < 1.29 is 4.74 Å². The Morgan fingerprint density at radius 2 is 1.92 bits per heavy atom. The van der Waals surface area contributed by atoms with Crippen molar-refractivity contribution >= 4 is 5.84 Å². The Bertz CT molecular complexity index is 205. The molecule has 4 nitrogen and oxygen atoms in total. The summed E-state index contributed by atoms with van der Waals surface area (Å²) in [6, 6.07) is 0. The fourth-order valence-electron chi connectivity index (χ4n) is 2.05. The van der Waals surface area contributed by atoms with E-state index in [1.54, 1.807) is 7.05 Å². The highest BCUT2D eigenvalue weighted by atomic mass is 16.5. The summed E-state index contributed by atoms with van der Waals surface area (Å²) in [5.41, 5.74) is 2.65. The number of hydrazine groups is 1. The van der Waals surface area contributed by atoms with Crippen molar-refractivity contribution in [2.45, 2.75) is 33.0 Å². The average Bonchev–Trinajstić information content (AvgIpc) is 2.34. The number of rotatable bonds is 1. The van der Waals surface area contributed by atoms with Crippen LogP contribution >= 0.6 is 0 Å². The monoisotopic (exact) mass is 185 g/mol. The van der Waals surface area contributed by atoms with E-state index in [9.17, 15) is 0 Å². The predicted octanol–water partition coefficient (Wildman–Crippen LogP) is 0.538. The van der Waals surface area contributed by atoms with Gasteiger partial charge in [-0.05, 0) is 19.8 Å². The predicted molar refractivity (Wildman–Crippen MR) is 53.3 cm³/mol. The van der Waals surface area contributed by atoms with Crippen LogP contribution < -0.4 is 11.3 Å². The topological polar surface area (TPSA) is 59.6 Å². The minimum absolute atomic E-state index is 0.194. The van der Waals surface area contributed by atoms with E-state index in [0.29, 0.717) is 11.8 Å². The van der Waals surface area contributed by atoms with Gasteiger partial charge in [0.1, 0.15) is 5.84 Å². The second kappa shape index (κ2) is 4.07. The van der Waals surface area contributed by atoms with Gasteiger partial charge in [0.05, 0.1) is 12.2 Å². The van der Waals surface area contributed by atoms with E-state index in [1.165, 1.54) is 0 Å². The maximum Gasteiger partial charge on any atom is 0.116 e. The van der Waals surface area contributed by atoms with Crippen LogP contribution in [0.3, 0.4) is 0 Å². The number of amidine groups is 1. The van der Waals surface area contributed by atoms with Gasteiger partial charge in [0, 0.05) is 13.0 Å². The first kappa shape index (κ1) is 10.5. The van der Waals surface area contributed by atoms with Gasteiger partial charge in [-0.25, -0.2) is 5.84 Å². The fourth-order valence-corrected chi connectivity index (χ4v) is 2.05. The normalized spacial score (nSPS) is 40.8. The summed E-state index contributed by atoms with van der Waals surface area (Å²) in [5, 5.41) is 0. The lowest BCUT2D eigenvalue weighted by atomic mass is 9.88. The molecule has 0 amide bonds.